The zero-order valence-corrected chi connectivity index (χ0v) is 9.32. The van der Waals surface area contributed by atoms with Crippen molar-refractivity contribution in [3.8, 4) is 0 Å². The van der Waals surface area contributed by atoms with Crippen LogP contribution in [-0.4, -0.2) is 48.8 Å². The standard InChI is InChI=1S/C10H21NO3/c1-4-9(10(12)13)11(3)7-6-8-14-5-2/h9H,4-8H2,1-3H3,(H,12,13). The summed E-state index contributed by atoms with van der Waals surface area (Å²) in [7, 11) is 1.84. The summed E-state index contributed by atoms with van der Waals surface area (Å²) in [5.41, 5.74) is 0. The summed E-state index contributed by atoms with van der Waals surface area (Å²) in [6.07, 6.45) is 1.52. The number of hydrogen-bond donors (Lipinski definition) is 1. The van der Waals surface area contributed by atoms with Crippen LogP contribution in [0.2, 0.25) is 0 Å². The summed E-state index contributed by atoms with van der Waals surface area (Å²) in [5.74, 6) is -0.744. The quantitative estimate of drug-likeness (QED) is 0.602. The van der Waals surface area contributed by atoms with Gasteiger partial charge in [-0.25, -0.2) is 0 Å². The van der Waals surface area contributed by atoms with Crippen molar-refractivity contribution in [1.29, 1.82) is 0 Å². The Morgan fingerprint density at radius 1 is 1.50 bits per heavy atom. The van der Waals surface area contributed by atoms with Crippen LogP contribution in [-0.2, 0) is 9.53 Å². The van der Waals surface area contributed by atoms with E-state index in [0.29, 0.717) is 13.0 Å². The van der Waals surface area contributed by atoms with Crippen molar-refractivity contribution in [3.63, 3.8) is 0 Å². The molecule has 4 heteroatoms. The van der Waals surface area contributed by atoms with Gasteiger partial charge in [0, 0.05) is 19.8 Å². The molecular weight excluding hydrogens is 182 g/mol. The molecule has 0 aromatic carbocycles. The topological polar surface area (TPSA) is 49.8 Å². The van der Waals surface area contributed by atoms with E-state index in [1.807, 2.05) is 25.8 Å². The van der Waals surface area contributed by atoms with E-state index in [1.165, 1.54) is 0 Å². The highest BCUT2D eigenvalue weighted by Crippen LogP contribution is 2.02. The van der Waals surface area contributed by atoms with Gasteiger partial charge in [0.2, 0.25) is 0 Å². The van der Waals surface area contributed by atoms with E-state index >= 15 is 0 Å². The largest absolute Gasteiger partial charge is 0.480 e. The highest BCUT2D eigenvalue weighted by atomic mass is 16.5. The van der Waals surface area contributed by atoms with Crippen molar-refractivity contribution in [2.75, 3.05) is 26.8 Å². The molecule has 0 amide bonds. The first-order valence-electron chi connectivity index (χ1n) is 5.14. The maximum absolute atomic E-state index is 10.8. The van der Waals surface area contributed by atoms with Gasteiger partial charge in [-0.05, 0) is 26.8 Å². The molecule has 0 heterocycles. The second kappa shape index (κ2) is 7.76. The molecule has 0 saturated carbocycles. The van der Waals surface area contributed by atoms with Gasteiger partial charge in [0.05, 0.1) is 0 Å². The van der Waals surface area contributed by atoms with E-state index in [0.717, 1.165) is 19.6 Å². The highest BCUT2D eigenvalue weighted by molar-refractivity contribution is 5.73. The van der Waals surface area contributed by atoms with Crippen molar-refractivity contribution < 1.29 is 14.6 Å². The number of likely N-dealkylation sites (N-methyl/N-ethyl adjacent to an activating group) is 1. The summed E-state index contributed by atoms with van der Waals surface area (Å²) in [6, 6.07) is -0.364. The van der Waals surface area contributed by atoms with E-state index in [9.17, 15) is 4.79 Å². The van der Waals surface area contributed by atoms with Crippen LogP contribution >= 0.6 is 0 Å². The Balaban J connectivity index is 3.69. The molecule has 0 spiro atoms. The zero-order chi connectivity index (χ0) is 11.0. The molecule has 1 N–H and O–H groups in total. The fourth-order valence-corrected chi connectivity index (χ4v) is 1.39. The van der Waals surface area contributed by atoms with Crippen LogP contribution in [0.3, 0.4) is 0 Å². The SMILES string of the molecule is CCOCCCN(C)C(CC)C(=O)O. The molecule has 0 fully saturated rings. The molecule has 0 bridgehead atoms. The second-order valence-electron chi connectivity index (χ2n) is 3.29. The van der Waals surface area contributed by atoms with Crippen LogP contribution in [0.5, 0.6) is 0 Å². The lowest BCUT2D eigenvalue weighted by Crippen LogP contribution is -2.38. The van der Waals surface area contributed by atoms with Crippen LogP contribution in [0.1, 0.15) is 26.7 Å². The van der Waals surface area contributed by atoms with Gasteiger partial charge in [-0.3, -0.25) is 9.69 Å². The van der Waals surface area contributed by atoms with Crippen LogP contribution < -0.4 is 0 Å². The zero-order valence-electron chi connectivity index (χ0n) is 9.32. The Hall–Kier alpha value is -0.610. The lowest BCUT2D eigenvalue weighted by molar-refractivity contribution is -0.142. The van der Waals surface area contributed by atoms with Crippen LogP contribution in [0.15, 0.2) is 0 Å². The summed E-state index contributed by atoms with van der Waals surface area (Å²) in [4.78, 5) is 12.7. The molecule has 0 aliphatic rings. The van der Waals surface area contributed by atoms with Crippen LogP contribution in [0, 0.1) is 0 Å². The predicted molar refractivity (Wildman–Crippen MR) is 55.5 cm³/mol. The smallest absolute Gasteiger partial charge is 0.320 e. The van der Waals surface area contributed by atoms with Gasteiger partial charge in [0.15, 0.2) is 0 Å². The summed E-state index contributed by atoms with van der Waals surface area (Å²) in [6.45, 7) is 6.04. The number of carboxylic acid groups (broad SMARTS) is 1. The van der Waals surface area contributed by atoms with Gasteiger partial charge < -0.3 is 9.84 Å². The molecule has 0 aliphatic carbocycles. The minimum atomic E-state index is -0.744. The molecule has 0 saturated heterocycles. The van der Waals surface area contributed by atoms with Gasteiger partial charge >= 0.3 is 5.97 Å². The first-order valence-corrected chi connectivity index (χ1v) is 5.14. The minimum absolute atomic E-state index is 0.364. The van der Waals surface area contributed by atoms with Gasteiger partial charge in [-0.1, -0.05) is 6.92 Å². The Labute approximate surface area is 85.9 Å². The van der Waals surface area contributed by atoms with E-state index < -0.39 is 5.97 Å². The molecule has 84 valence electrons. The third-order valence-electron chi connectivity index (χ3n) is 2.21. The number of hydrogen-bond acceptors (Lipinski definition) is 3. The molecule has 14 heavy (non-hydrogen) atoms. The molecule has 0 aromatic rings. The molecule has 4 nitrogen and oxygen atoms in total. The Morgan fingerprint density at radius 3 is 2.57 bits per heavy atom. The van der Waals surface area contributed by atoms with Crippen molar-refractivity contribution >= 4 is 5.97 Å². The number of carboxylic acids is 1. The molecule has 1 unspecified atom stereocenters. The first kappa shape index (κ1) is 13.4. The van der Waals surface area contributed by atoms with E-state index in [1.54, 1.807) is 0 Å². The average Bonchev–Trinajstić information content (AvgIpc) is 2.13. The summed E-state index contributed by atoms with van der Waals surface area (Å²) < 4.78 is 5.18. The summed E-state index contributed by atoms with van der Waals surface area (Å²) in [5, 5.41) is 8.87. The third kappa shape index (κ3) is 5.19. The number of ether oxygens (including phenoxy) is 1. The molecule has 0 aromatic heterocycles. The second-order valence-corrected chi connectivity index (χ2v) is 3.29. The Bertz CT molecular complexity index is 161. The van der Waals surface area contributed by atoms with Crippen molar-refractivity contribution in [1.82, 2.24) is 4.90 Å². The fraction of sp³-hybridized carbons (Fsp3) is 0.900. The van der Waals surface area contributed by atoms with E-state index in [4.69, 9.17) is 9.84 Å². The maximum Gasteiger partial charge on any atom is 0.320 e. The minimum Gasteiger partial charge on any atom is -0.480 e. The fourth-order valence-electron chi connectivity index (χ4n) is 1.39. The van der Waals surface area contributed by atoms with E-state index in [2.05, 4.69) is 0 Å². The molecular formula is C10H21NO3. The van der Waals surface area contributed by atoms with Crippen molar-refractivity contribution in [2.24, 2.45) is 0 Å². The molecule has 0 radical (unpaired) electrons. The molecule has 0 aliphatic heterocycles. The molecule has 0 rings (SSSR count). The monoisotopic (exact) mass is 203 g/mol. The van der Waals surface area contributed by atoms with E-state index in [-0.39, 0.29) is 6.04 Å². The summed E-state index contributed by atoms with van der Waals surface area (Å²) >= 11 is 0. The molecule has 1 atom stereocenters. The van der Waals surface area contributed by atoms with Gasteiger partial charge in [0.25, 0.3) is 0 Å². The lowest BCUT2D eigenvalue weighted by atomic mass is 10.2. The lowest BCUT2D eigenvalue weighted by Gasteiger charge is -2.23. The van der Waals surface area contributed by atoms with Gasteiger partial charge in [-0.15, -0.1) is 0 Å². The number of carbonyl (C=O) groups is 1. The van der Waals surface area contributed by atoms with Crippen LogP contribution in [0.25, 0.3) is 0 Å². The highest BCUT2D eigenvalue weighted by Gasteiger charge is 2.19. The first-order chi connectivity index (χ1) is 6.63. The van der Waals surface area contributed by atoms with Gasteiger partial charge in [0.1, 0.15) is 6.04 Å². The Morgan fingerprint density at radius 2 is 2.14 bits per heavy atom. The van der Waals surface area contributed by atoms with Crippen LogP contribution in [0.4, 0.5) is 0 Å². The number of rotatable bonds is 8. The Kier molecular flexibility index (Phi) is 7.42. The maximum atomic E-state index is 10.8. The third-order valence-corrected chi connectivity index (χ3v) is 2.21. The number of aliphatic carboxylic acids is 1. The number of nitrogens with zero attached hydrogens (tertiary/aromatic N) is 1. The van der Waals surface area contributed by atoms with Gasteiger partial charge in [-0.2, -0.15) is 0 Å². The average molecular weight is 203 g/mol. The normalized spacial score (nSPS) is 13.1. The van der Waals surface area contributed by atoms with Crippen molar-refractivity contribution in [3.05, 3.63) is 0 Å². The predicted octanol–water partition coefficient (Wildman–Crippen LogP) is 1.21. The van der Waals surface area contributed by atoms with Crippen molar-refractivity contribution in [2.45, 2.75) is 32.7 Å².